The number of hydrogen-bond acceptors (Lipinski definition) is 3. The highest BCUT2D eigenvalue weighted by Gasteiger charge is 2.33. The van der Waals surface area contributed by atoms with Crippen LogP contribution in [0.15, 0.2) is 72.3 Å². The maximum atomic E-state index is 13.0. The third-order valence-electron chi connectivity index (χ3n) is 5.74. The van der Waals surface area contributed by atoms with Crippen LogP contribution in [-0.4, -0.2) is 16.1 Å². The van der Waals surface area contributed by atoms with Gasteiger partial charge >= 0.3 is 0 Å². The maximum absolute atomic E-state index is 13.0. The van der Waals surface area contributed by atoms with Crippen molar-refractivity contribution in [3.05, 3.63) is 88.3 Å². The van der Waals surface area contributed by atoms with Crippen LogP contribution in [0, 0.1) is 0 Å². The number of nitrogens with zero attached hydrogens (tertiary/aromatic N) is 1. The van der Waals surface area contributed by atoms with Gasteiger partial charge in [0.25, 0.3) is 0 Å². The molecule has 0 unspecified atom stereocenters. The minimum atomic E-state index is -0.182. The Morgan fingerprint density at radius 2 is 1.41 bits per heavy atom. The van der Waals surface area contributed by atoms with E-state index in [2.05, 4.69) is 22.8 Å². The Balaban J connectivity index is 1.51. The van der Waals surface area contributed by atoms with Gasteiger partial charge < -0.3 is 4.57 Å². The number of aromatic nitrogens is 1. The molecule has 6 rings (SSSR count). The number of hydrogen-bond donors (Lipinski definition) is 0. The zero-order valence-corrected chi connectivity index (χ0v) is 16.4. The smallest absolute Gasteiger partial charge is 0.197 e. The summed E-state index contributed by atoms with van der Waals surface area (Å²) in [4.78, 5) is 28.1. The molecule has 0 amide bonds. The Bertz CT molecular complexity index is 1490. The van der Waals surface area contributed by atoms with Crippen LogP contribution in [0.1, 0.15) is 25.6 Å². The molecule has 138 valence electrons. The third kappa shape index (κ3) is 2.23. The molecule has 1 aliphatic rings. The molecule has 0 fully saturated rings. The highest BCUT2D eigenvalue weighted by atomic mass is 32.1. The Morgan fingerprint density at radius 3 is 2.10 bits per heavy atom. The largest absolute Gasteiger partial charge is 0.335 e. The Morgan fingerprint density at radius 1 is 0.793 bits per heavy atom. The lowest BCUT2D eigenvalue weighted by atomic mass is 10.0. The summed E-state index contributed by atoms with van der Waals surface area (Å²) in [5, 5.41) is 4.29. The fourth-order valence-electron chi connectivity index (χ4n) is 4.30. The van der Waals surface area contributed by atoms with Crippen molar-refractivity contribution in [2.45, 2.75) is 0 Å². The van der Waals surface area contributed by atoms with Gasteiger partial charge in [-0.2, -0.15) is 0 Å². The van der Waals surface area contributed by atoms with Crippen molar-refractivity contribution in [2.24, 2.45) is 7.05 Å². The fourth-order valence-corrected chi connectivity index (χ4v) is 5.39. The highest BCUT2D eigenvalue weighted by molar-refractivity contribution is 7.19. The Hall–Kier alpha value is -3.50. The summed E-state index contributed by atoms with van der Waals surface area (Å²) >= 11 is 1.60. The minimum Gasteiger partial charge on any atom is -0.335 e. The van der Waals surface area contributed by atoms with E-state index in [1.165, 1.54) is 10.9 Å². The molecule has 3 nitrogen and oxygen atoms in total. The first-order chi connectivity index (χ1) is 14.1. The van der Waals surface area contributed by atoms with Gasteiger partial charge in [-0.05, 0) is 41.1 Å². The predicted molar refractivity (Wildman–Crippen MR) is 119 cm³/mol. The first-order valence-electron chi connectivity index (χ1n) is 9.43. The summed E-state index contributed by atoms with van der Waals surface area (Å²) in [7, 11) is 2.05. The number of fused-ring (bicyclic) bond motifs is 5. The van der Waals surface area contributed by atoms with E-state index in [4.69, 9.17) is 0 Å². The van der Waals surface area contributed by atoms with Crippen molar-refractivity contribution in [3.8, 4) is 0 Å². The zero-order valence-electron chi connectivity index (χ0n) is 15.6. The van der Waals surface area contributed by atoms with Crippen LogP contribution in [0.25, 0.3) is 38.0 Å². The van der Waals surface area contributed by atoms with Gasteiger partial charge in [0.1, 0.15) is 4.83 Å². The van der Waals surface area contributed by atoms with Crippen molar-refractivity contribution in [2.75, 3.05) is 0 Å². The van der Waals surface area contributed by atoms with Crippen LogP contribution in [0.4, 0.5) is 0 Å². The number of ketones is 2. The number of aryl methyl sites for hydroxylation is 1. The molecule has 5 aromatic rings. The van der Waals surface area contributed by atoms with Crippen molar-refractivity contribution < 1.29 is 9.59 Å². The predicted octanol–water partition coefficient (Wildman–Crippen LogP) is 6.01. The quantitative estimate of drug-likeness (QED) is 0.258. The van der Waals surface area contributed by atoms with E-state index in [0.717, 1.165) is 25.9 Å². The SMILES string of the molecule is Cn1c2ccccc2c2cc(C=C3C(=O)c4cc5ccccc5cc4C3=O)sc21. The van der Waals surface area contributed by atoms with Crippen LogP contribution in [0.2, 0.25) is 0 Å². The molecule has 0 N–H and O–H groups in total. The van der Waals surface area contributed by atoms with Crippen molar-refractivity contribution in [3.63, 3.8) is 0 Å². The van der Waals surface area contributed by atoms with Gasteiger partial charge in [-0.25, -0.2) is 0 Å². The van der Waals surface area contributed by atoms with Gasteiger partial charge in [0.15, 0.2) is 11.6 Å². The topological polar surface area (TPSA) is 39.1 Å². The molecule has 0 atom stereocenters. The average Bonchev–Trinajstić information content (AvgIpc) is 3.35. The standard InChI is InChI=1S/C25H15NO2S/c1-26-22-9-5-4-8-17(22)20-12-16(29-25(20)26)13-21-23(27)18-10-14-6-2-3-7-15(14)11-19(18)24(21)28/h2-13H,1H3. The molecule has 0 saturated carbocycles. The van der Waals surface area contributed by atoms with E-state index in [9.17, 15) is 9.59 Å². The molecule has 0 bridgehead atoms. The van der Waals surface area contributed by atoms with Crippen molar-refractivity contribution in [1.82, 2.24) is 4.57 Å². The Labute approximate surface area is 170 Å². The highest BCUT2D eigenvalue weighted by Crippen LogP contribution is 2.37. The van der Waals surface area contributed by atoms with Gasteiger partial charge in [0.2, 0.25) is 0 Å². The third-order valence-corrected chi connectivity index (χ3v) is 6.90. The van der Waals surface area contributed by atoms with Gasteiger partial charge in [0.05, 0.1) is 5.57 Å². The van der Waals surface area contributed by atoms with E-state index in [1.54, 1.807) is 17.4 Å². The van der Waals surface area contributed by atoms with Gasteiger partial charge in [-0.3, -0.25) is 9.59 Å². The summed E-state index contributed by atoms with van der Waals surface area (Å²) in [6.45, 7) is 0. The first kappa shape index (κ1) is 16.5. The summed E-state index contributed by atoms with van der Waals surface area (Å²) in [5.74, 6) is -0.365. The molecular formula is C25H15NO2S. The summed E-state index contributed by atoms with van der Waals surface area (Å²) in [5.41, 5.74) is 2.45. The lowest BCUT2D eigenvalue weighted by Crippen LogP contribution is -1.99. The molecule has 2 aromatic heterocycles. The number of Topliss-reactive ketones (excluding diaryl/α,β-unsaturated/α-hetero) is 2. The normalized spacial score (nSPS) is 13.8. The fraction of sp³-hybridized carbons (Fsp3) is 0.0400. The lowest BCUT2D eigenvalue weighted by molar-refractivity contribution is 0.0990. The van der Waals surface area contributed by atoms with E-state index in [-0.39, 0.29) is 17.1 Å². The average molecular weight is 393 g/mol. The minimum absolute atomic E-state index is 0.182. The molecule has 0 spiro atoms. The molecule has 3 aromatic carbocycles. The summed E-state index contributed by atoms with van der Waals surface area (Å²) < 4.78 is 2.16. The lowest BCUT2D eigenvalue weighted by Gasteiger charge is -2.00. The summed E-state index contributed by atoms with van der Waals surface area (Å²) in [6.07, 6.45) is 1.76. The van der Waals surface area contributed by atoms with Gasteiger partial charge in [0, 0.05) is 39.3 Å². The molecule has 29 heavy (non-hydrogen) atoms. The molecule has 0 saturated heterocycles. The van der Waals surface area contributed by atoms with Crippen LogP contribution >= 0.6 is 11.3 Å². The Kier molecular flexibility index (Phi) is 3.26. The number of allylic oxidation sites excluding steroid dienone is 1. The second kappa shape index (κ2) is 5.75. The van der Waals surface area contributed by atoms with E-state index in [1.807, 2.05) is 55.6 Å². The number of carbonyl (C=O) groups is 2. The second-order valence-electron chi connectivity index (χ2n) is 7.40. The molecule has 0 aliphatic heterocycles. The van der Waals surface area contributed by atoms with E-state index in [0.29, 0.717) is 11.1 Å². The number of thiophene rings is 1. The van der Waals surface area contributed by atoms with Crippen LogP contribution in [-0.2, 0) is 7.05 Å². The van der Waals surface area contributed by atoms with Gasteiger partial charge in [-0.1, -0.05) is 42.5 Å². The van der Waals surface area contributed by atoms with Crippen molar-refractivity contribution in [1.29, 1.82) is 0 Å². The number of rotatable bonds is 1. The van der Waals surface area contributed by atoms with Crippen molar-refractivity contribution >= 4 is 60.9 Å². The number of benzene rings is 3. The monoisotopic (exact) mass is 393 g/mol. The second-order valence-corrected chi connectivity index (χ2v) is 8.47. The van der Waals surface area contributed by atoms with Crippen LogP contribution in [0.5, 0.6) is 0 Å². The van der Waals surface area contributed by atoms with Crippen LogP contribution < -0.4 is 0 Å². The van der Waals surface area contributed by atoms with E-state index >= 15 is 0 Å². The number of carbonyl (C=O) groups excluding carboxylic acids is 2. The molecule has 4 heteroatoms. The summed E-state index contributed by atoms with van der Waals surface area (Å²) in [6, 6.07) is 21.8. The molecule has 0 radical (unpaired) electrons. The molecule has 1 aliphatic carbocycles. The van der Waals surface area contributed by atoms with Gasteiger partial charge in [-0.15, -0.1) is 11.3 Å². The van der Waals surface area contributed by atoms with E-state index < -0.39 is 0 Å². The first-order valence-corrected chi connectivity index (χ1v) is 10.2. The zero-order chi connectivity index (χ0) is 19.7. The molecular weight excluding hydrogens is 378 g/mol. The maximum Gasteiger partial charge on any atom is 0.197 e. The molecule has 2 heterocycles. The number of para-hydroxylation sites is 1. The van der Waals surface area contributed by atoms with Crippen LogP contribution in [0.3, 0.4) is 0 Å².